The lowest BCUT2D eigenvalue weighted by atomic mass is 10.1. The summed E-state index contributed by atoms with van der Waals surface area (Å²) < 4.78 is 11.1. The Morgan fingerprint density at radius 1 is 1.22 bits per heavy atom. The predicted molar refractivity (Wildman–Crippen MR) is 103 cm³/mol. The highest BCUT2D eigenvalue weighted by molar-refractivity contribution is 6.50. The monoisotopic (exact) mass is 388 g/mol. The average molecular weight is 389 g/mol. The standard InChI is InChI=1S/C18H17ClN4O4/c1-10-7-13(11(2)26-10)17-20-21-18(27-17)14(19)8-12-5-6-15(22(3)4)16(9-12)23(24)25/h5-9H,1-4H3/b14-8-. The second-order valence-electron chi connectivity index (χ2n) is 6.13. The maximum Gasteiger partial charge on any atom is 0.293 e. The van der Waals surface area contributed by atoms with Crippen molar-refractivity contribution >= 4 is 34.1 Å². The molecule has 1 aromatic carbocycles. The van der Waals surface area contributed by atoms with E-state index in [4.69, 9.17) is 20.4 Å². The highest BCUT2D eigenvalue weighted by atomic mass is 35.5. The van der Waals surface area contributed by atoms with Crippen LogP contribution in [0.4, 0.5) is 11.4 Å². The normalized spacial score (nSPS) is 11.7. The Hall–Kier alpha value is -3.13. The number of anilines is 1. The zero-order chi connectivity index (χ0) is 19.7. The maximum atomic E-state index is 11.3. The predicted octanol–water partition coefficient (Wildman–Crippen LogP) is 4.66. The number of hydrogen-bond donors (Lipinski definition) is 0. The lowest BCUT2D eigenvalue weighted by Gasteiger charge is -2.12. The lowest BCUT2D eigenvalue weighted by Crippen LogP contribution is -2.10. The molecule has 27 heavy (non-hydrogen) atoms. The summed E-state index contributed by atoms with van der Waals surface area (Å²) in [5.41, 5.74) is 1.72. The molecular formula is C18H17ClN4O4. The number of nitro groups is 1. The first-order valence-corrected chi connectivity index (χ1v) is 8.38. The van der Waals surface area contributed by atoms with E-state index in [1.807, 2.05) is 6.92 Å². The van der Waals surface area contributed by atoms with E-state index in [9.17, 15) is 10.1 Å². The van der Waals surface area contributed by atoms with Crippen LogP contribution in [0.15, 0.2) is 33.1 Å². The molecule has 2 aromatic heterocycles. The number of nitro benzene ring substituents is 1. The summed E-state index contributed by atoms with van der Waals surface area (Å²) >= 11 is 6.28. The molecule has 0 saturated heterocycles. The van der Waals surface area contributed by atoms with Crippen molar-refractivity contribution in [3.8, 4) is 11.5 Å². The molecule has 0 bridgehead atoms. The van der Waals surface area contributed by atoms with Crippen molar-refractivity contribution in [2.75, 3.05) is 19.0 Å². The smallest absolute Gasteiger partial charge is 0.293 e. The Morgan fingerprint density at radius 2 is 1.96 bits per heavy atom. The van der Waals surface area contributed by atoms with E-state index in [1.165, 1.54) is 6.07 Å². The highest BCUT2D eigenvalue weighted by Gasteiger charge is 2.18. The van der Waals surface area contributed by atoms with Crippen molar-refractivity contribution in [1.82, 2.24) is 10.2 Å². The number of hydrogen-bond acceptors (Lipinski definition) is 7. The number of furan rings is 1. The zero-order valence-electron chi connectivity index (χ0n) is 15.2. The van der Waals surface area contributed by atoms with E-state index in [1.54, 1.807) is 50.2 Å². The van der Waals surface area contributed by atoms with Gasteiger partial charge in [0, 0.05) is 20.2 Å². The summed E-state index contributed by atoms with van der Waals surface area (Å²) in [6.07, 6.45) is 1.54. The molecule has 3 rings (SSSR count). The molecule has 3 aromatic rings. The third-order valence-corrected chi connectivity index (χ3v) is 4.14. The molecule has 0 N–H and O–H groups in total. The third-order valence-electron chi connectivity index (χ3n) is 3.87. The molecule has 0 radical (unpaired) electrons. The number of rotatable bonds is 5. The van der Waals surface area contributed by atoms with Crippen molar-refractivity contribution in [3.63, 3.8) is 0 Å². The van der Waals surface area contributed by atoms with Crippen molar-refractivity contribution in [3.05, 3.63) is 57.4 Å². The van der Waals surface area contributed by atoms with Gasteiger partial charge in [-0.25, -0.2) is 0 Å². The molecule has 0 fully saturated rings. The van der Waals surface area contributed by atoms with Crippen LogP contribution in [0, 0.1) is 24.0 Å². The van der Waals surface area contributed by atoms with Gasteiger partial charge in [0.25, 0.3) is 17.5 Å². The van der Waals surface area contributed by atoms with E-state index >= 15 is 0 Å². The van der Waals surface area contributed by atoms with Crippen LogP contribution >= 0.6 is 11.6 Å². The Bertz CT molecular complexity index is 1040. The van der Waals surface area contributed by atoms with E-state index in [2.05, 4.69) is 10.2 Å². The maximum absolute atomic E-state index is 11.3. The highest BCUT2D eigenvalue weighted by Crippen LogP contribution is 2.31. The molecule has 2 heterocycles. The van der Waals surface area contributed by atoms with Gasteiger partial charge in [-0.2, -0.15) is 0 Å². The first-order chi connectivity index (χ1) is 12.8. The molecule has 140 valence electrons. The van der Waals surface area contributed by atoms with Crippen LogP contribution in [0.1, 0.15) is 23.0 Å². The van der Waals surface area contributed by atoms with Crippen molar-refractivity contribution in [1.29, 1.82) is 0 Å². The largest absolute Gasteiger partial charge is 0.466 e. The first-order valence-electron chi connectivity index (χ1n) is 8.00. The van der Waals surface area contributed by atoms with E-state index in [-0.39, 0.29) is 16.6 Å². The molecule has 0 aliphatic carbocycles. The molecule has 8 nitrogen and oxygen atoms in total. The van der Waals surface area contributed by atoms with Crippen molar-refractivity contribution in [2.45, 2.75) is 13.8 Å². The molecule has 0 unspecified atom stereocenters. The Balaban J connectivity index is 1.93. The molecule has 0 spiro atoms. The van der Waals surface area contributed by atoms with Gasteiger partial charge in [0.2, 0.25) is 0 Å². The summed E-state index contributed by atoms with van der Waals surface area (Å²) in [6, 6.07) is 6.63. The van der Waals surface area contributed by atoms with Crippen LogP contribution in [-0.2, 0) is 0 Å². The van der Waals surface area contributed by atoms with Gasteiger partial charge in [0.1, 0.15) is 22.2 Å². The van der Waals surface area contributed by atoms with E-state index < -0.39 is 4.92 Å². The molecule has 0 amide bonds. The van der Waals surface area contributed by atoms with Crippen LogP contribution in [0.5, 0.6) is 0 Å². The minimum absolute atomic E-state index is 0.0195. The summed E-state index contributed by atoms with van der Waals surface area (Å²) in [5, 5.41) is 19.4. The number of nitrogens with zero attached hydrogens (tertiary/aromatic N) is 4. The lowest BCUT2D eigenvalue weighted by molar-refractivity contribution is -0.384. The molecular weight excluding hydrogens is 372 g/mol. The Kier molecular flexibility index (Phi) is 5.00. The fraction of sp³-hybridized carbons (Fsp3) is 0.222. The van der Waals surface area contributed by atoms with Gasteiger partial charge in [-0.3, -0.25) is 10.1 Å². The SMILES string of the molecule is Cc1cc(-c2nnc(/C(Cl)=C/c3ccc(N(C)C)c([N+](=O)[O-])c3)o2)c(C)o1. The van der Waals surface area contributed by atoms with Crippen LogP contribution in [0.2, 0.25) is 0 Å². The number of benzene rings is 1. The third kappa shape index (κ3) is 3.85. The number of halogens is 1. The second-order valence-corrected chi connectivity index (χ2v) is 6.54. The minimum atomic E-state index is -0.435. The zero-order valence-corrected chi connectivity index (χ0v) is 15.9. The van der Waals surface area contributed by atoms with Crippen molar-refractivity contribution < 1.29 is 13.8 Å². The molecule has 9 heteroatoms. The van der Waals surface area contributed by atoms with Crippen LogP contribution in [0.3, 0.4) is 0 Å². The summed E-state index contributed by atoms with van der Waals surface area (Å²) in [4.78, 5) is 12.5. The molecule has 0 aliphatic heterocycles. The summed E-state index contributed by atoms with van der Waals surface area (Å²) in [5.74, 6) is 1.80. The first kappa shape index (κ1) is 18.7. The Labute approximate surface area is 160 Å². The second kappa shape index (κ2) is 7.24. The van der Waals surface area contributed by atoms with Gasteiger partial charge in [-0.15, -0.1) is 10.2 Å². The quantitative estimate of drug-likeness (QED) is 0.463. The van der Waals surface area contributed by atoms with Crippen LogP contribution in [0.25, 0.3) is 22.6 Å². The topological polar surface area (TPSA) is 98.4 Å². The fourth-order valence-electron chi connectivity index (χ4n) is 2.63. The van der Waals surface area contributed by atoms with Gasteiger partial charge >= 0.3 is 0 Å². The molecule has 0 atom stereocenters. The fourth-order valence-corrected chi connectivity index (χ4v) is 2.84. The average Bonchev–Trinajstić information content (AvgIpc) is 3.20. The summed E-state index contributed by atoms with van der Waals surface area (Å²) in [6.45, 7) is 3.63. The minimum Gasteiger partial charge on any atom is -0.466 e. The number of aromatic nitrogens is 2. The molecule has 0 saturated carbocycles. The van der Waals surface area contributed by atoms with Gasteiger partial charge in [-0.1, -0.05) is 17.7 Å². The van der Waals surface area contributed by atoms with E-state index in [0.717, 1.165) is 5.76 Å². The molecule has 0 aliphatic rings. The van der Waals surface area contributed by atoms with Crippen molar-refractivity contribution in [2.24, 2.45) is 0 Å². The van der Waals surface area contributed by atoms with Gasteiger partial charge in [0.05, 0.1) is 10.5 Å². The number of aryl methyl sites for hydroxylation is 2. The van der Waals surface area contributed by atoms with E-state index in [0.29, 0.717) is 28.5 Å². The summed E-state index contributed by atoms with van der Waals surface area (Å²) in [7, 11) is 3.48. The van der Waals surface area contributed by atoms with Gasteiger partial charge in [0.15, 0.2) is 0 Å². The van der Waals surface area contributed by atoms with Gasteiger partial charge in [-0.05, 0) is 37.6 Å². The van der Waals surface area contributed by atoms with Crippen LogP contribution < -0.4 is 4.90 Å². The Morgan fingerprint density at radius 3 is 2.56 bits per heavy atom. The van der Waals surface area contributed by atoms with Crippen LogP contribution in [-0.4, -0.2) is 29.2 Å². The van der Waals surface area contributed by atoms with Gasteiger partial charge < -0.3 is 13.7 Å².